The molecule has 0 aliphatic heterocycles. The molecule has 6 nitrogen and oxygen atoms in total. The van der Waals surface area contributed by atoms with Crippen LogP contribution >= 0.6 is 35.3 Å². The highest BCUT2D eigenvalue weighted by Crippen LogP contribution is 2.18. The summed E-state index contributed by atoms with van der Waals surface area (Å²) in [5.74, 6) is 1.91. The molecule has 0 saturated heterocycles. The first kappa shape index (κ1) is 23.6. The zero-order valence-electron chi connectivity index (χ0n) is 17.7. The van der Waals surface area contributed by atoms with E-state index < -0.39 is 0 Å². The smallest absolute Gasteiger partial charge is 0.190 e. The molecule has 0 unspecified atom stereocenters. The maximum atomic E-state index is 4.70. The summed E-state index contributed by atoms with van der Waals surface area (Å²) in [6.07, 6.45) is 2.94. The molecule has 3 aromatic rings. The fraction of sp³-hybridized carbons (Fsp3) is 0.476. The van der Waals surface area contributed by atoms with Crippen LogP contribution in [-0.4, -0.2) is 40.6 Å². The Morgan fingerprint density at radius 3 is 2.62 bits per heavy atom. The normalized spacial score (nSPS) is 11.5. The van der Waals surface area contributed by atoms with Crippen LogP contribution in [0.25, 0.3) is 11.0 Å². The van der Waals surface area contributed by atoms with Crippen molar-refractivity contribution in [2.24, 2.45) is 4.99 Å². The Balaban J connectivity index is 0.00000300. The van der Waals surface area contributed by atoms with Crippen molar-refractivity contribution < 1.29 is 0 Å². The molecule has 0 spiro atoms. The molecule has 0 amide bonds. The van der Waals surface area contributed by atoms with Gasteiger partial charge in [0.15, 0.2) is 5.96 Å². The van der Waals surface area contributed by atoms with Gasteiger partial charge in [0.2, 0.25) is 0 Å². The third kappa shape index (κ3) is 6.15. The third-order valence-corrected chi connectivity index (χ3v) is 5.90. The number of para-hydroxylation sites is 2. The van der Waals surface area contributed by atoms with E-state index in [4.69, 9.17) is 4.98 Å². The van der Waals surface area contributed by atoms with E-state index in [1.54, 1.807) is 11.3 Å². The molecule has 158 valence electrons. The number of nitrogens with zero attached hydrogens (tertiary/aromatic N) is 4. The van der Waals surface area contributed by atoms with Crippen LogP contribution in [0.1, 0.15) is 34.7 Å². The standard InChI is InChI=1S/C21H30N6S.HI/c1-5-17-15(2)28-20(26-17)11-13-24-21(22-4)23-12-8-14-27-16(3)25-18-9-6-7-10-19(18)27;/h6-7,9-10H,5,8,11-14H2,1-4H3,(H2,22,23,24);1H. The SMILES string of the molecule is CCc1nc(CCNC(=NC)NCCCn2c(C)nc3ccccc32)sc1C.I. The number of thiazole rings is 1. The number of benzene rings is 1. The fourth-order valence-electron chi connectivity index (χ4n) is 3.35. The van der Waals surface area contributed by atoms with Crippen LogP contribution in [0.15, 0.2) is 29.3 Å². The summed E-state index contributed by atoms with van der Waals surface area (Å²) in [7, 11) is 1.81. The van der Waals surface area contributed by atoms with Gasteiger partial charge < -0.3 is 15.2 Å². The number of nitrogens with one attached hydrogen (secondary N) is 2. The van der Waals surface area contributed by atoms with Gasteiger partial charge in [-0.3, -0.25) is 4.99 Å². The van der Waals surface area contributed by atoms with Gasteiger partial charge in [0.05, 0.1) is 21.7 Å². The number of rotatable bonds is 8. The predicted octanol–water partition coefficient (Wildman–Crippen LogP) is 4.09. The molecule has 3 rings (SSSR count). The number of imidazole rings is 1. The lowest BCUT2D eigenvalue weighted by Gasteiger charge is -2.12. The van der Waals surface area contributed by atoms with Crippen molar-refractivity contribution >= 4 is 52.3 Å². The Labute approximate surface area is 194 Å². The molecular weight excluding hydrogens is 495 g/mol. The molecule has 2 heterocycles. The molecule has 29 heavy (non-hydrogen) atoms. The zero-order chi connectivity index (χ0) is 19.9. The molecule has 0 radical (unpaired) electrons. The van der Waals surface area contributed by atoms with Gasteiger partial charge in [0, 0.05) is 38.0 Å². The second kappa shape index (κ2) is 11.5. The van der Waals surface area contributed by atoms with E-state index in [1.165, 1.54) is 21.1 Å². The summed E-state index contributed by atoms with van der Waals surface area (Å²) >= 11 is 1.80. The molecule has 2 N–H and O–H groups in total. The van der Waals surface area contributed by atoms with Gasteiger partial charge in [-0.15, -0.1) is 35.3 Å². The quantitative estimate of drug-likeness (QED) is 0.201. The Bertz CT molecular complexity index is 946. The average Bonchev–Trinajstić information content (AvgIpc) is 3.22. The van der Waals surface area contributed by atoms with E-state index in [-0.39, 0.29) is 24.0 Å². The first-order valence-electron chi connectivity index (χ1n) is 9.94. The predicted molar refractivity (Wildman–Crippen MR) is 134 cm³/mol. The van der Waals surface area contributed by atoms with Crippen LogP contribution in [-0.2, 0) is 19.4 Å². The van der Waals surface area contributed by atoms with E-state index in [9.17, 15) is 0 Å². The van der Waals surface area contributed by atoms with E-state index in [0.717, 1.165) is 56.2 Å². The van der Waals surface area contributed by atoms with Crippen LogP contribution < -0.4 is 10.6 Å². The third-order valence-electron chi connectivity index (χ3n) is 4.82. The summed E-state index contributed by atoms with van der Waals surface area (Å²) < 4.78 is 2.28. The van der Waals surface area contributed by atoms with Crippen molar-refractivity contribution in [3.8, 4) is 0 Å². The number of guanidine groups is 1. The van der Waals surface area contributed by atoms with Crippen LogP contribution in [0.4, 0.5) is 0 Å². The summed E-state index contributed by atoms with van der Waals surface area (Å²) in [5, 5.41) is 7.98. The van der Waals surface area contributed by atoms with Gasteiger partial charge in [-0.1, -0.05) is 19.1 Å². The van der Waals surface area contributed by atoms with Gasteiger partial charge in [-0.25, -0.2) is 9.97 Å². The van der Waals surface area contributed by atoms with Crippen LogP contribution in [0.2, 0.25) is 0 Å². The lowest BCUT2D eigenvalue weighted by Crippen LogP contribution is -2.39. The van der Waals surface area contributed by atoms with Crippen LogP contribution in [0.3, 0.4) is 0 Å². The lowest BCUT2D eigenvalue weighted by molar-refractivity contribution is 0.624. The molecule has 8 heteroatoms. The van der Waals surface area contributed by atoms with Crippen molar-refractivity contribution in [3.05, 3.63) is 45.7 Å². The van der Waals surface area contributed by atoms with Gasteiger partial charge in [0.25, 0.3) is 0 Å². The summed E-state index contributed by atoms with van der Waals surface area (Å²) in [4.78, 5) is 15.0. The number of halogens is 1. The molecule has 1 aromatic carbocycles. The molecular formula is C21H31IN6S. The minimum atomic E-state index is 0. The number of fused-ring (bicyclic) bond motifs is 1. The van der Waals surface area contributed by atoms with Crippen LogP contribution in [0.5, 0.6) is 0 Å². The highest BCUT2D eigenvalue weighted by atomic mass is 127. The second-order valence-electron chi connectivity index (χ2n) is 6.79. The highest BCUT2D eigenvalue weighted by Gasteiger charge is 2.07. The molecule has 0 aliphatic carbocycles. The maximum absolute atomic E-state index is 4.70. The minimum absolute atomic E-state index is 0. The average molecular weight is 526 g/mol. The van der Waals surface area contributed by atoms with E-state index in [1.807, 2.05) is 13.1 Å². The summed E-state index contributed by atoms with van der Waals surface area (Å²) in [6.45, 7) is 9.01. The van der Waals surface area contributed by atoms with Crippen LogP contribution in [0, 0.1) is 13.8 Å². The number of hydrogen-bond acceptors (Lipinski definition) is 4. The second-order valence-corrected chi connectivity index (χ2v) is 8.08. The first-order chi connectivity index (χ1) is 13.6. The van der Waals surface area contributed by atoms with Crippen molar-refractivity contribution in [1.82, 2.24) is 25.2 Å². The summed E-state index contributed by atoms with van der Waals surface area (Å²) in [6, 6.07) is 8.30. The lowest BCUT2D eigenvalue weighted by atomic mass is 10.3. The topological polar surface area (TPSA) is 67.1 Å². The van der Waals surface area contributed by atoms with Gasteiger partial charge >= 0.3 is 0 Å². The van der Waals surface area contributed by atoms with Crippen molar-refractivity contribution in [3.63, 3.8) is 0 Å². The van der Waals surface area contributed by atoms with Gasteiger partial charge in [-0.05, 0) is 38.8 Å². The number of aromatic nitrogens is 3. The van der Waals surface area contributed by atoms with E-state index in [2.05, 4.69) is 64.1 Å². The van der Waals surface area contributed by atoms with E-state index >= 15 is 0 Å². The minimum Gasteiger partial charge on any atom is -0.356 e. The Morgan fingerprint density at radius 1 is 1.14 bits per heavy atom. The van der Waals surface area contributed by atoms with Gasteiger partial charge in [0.1, 0.15) is 5.82 Å². The van der Waals surface area contributed by atoms with Crippen molar-refractivity contribution in [1.29, 1.82) is 0 Å². The fourth-order valence-corrected chi connectivity index (χ4v) is 4.37. The van der Waals surface area contributed by atoms with Crippen molar-refractivity contribution in [2.75, 3.05) is 20.1 Å². The number of hydrogen-bond donors (Lipinski definition) is 2. The molecule has 2 aromatic heterocycles. The molecule has 0 fully saturated rings. The zero-order valence-corrected chi connectivity index (χ0v) is 20.8. The Kier molecular flexibility index (Phi) is 9.35. The first-order valence-corrected chi connectivity index (χ1v) is 10.8. The molecule has 0 atom stereocenters. The number of aryl methyl sites for hydroxylation is 4. The number of aliphatic imine (C=N–C) groups is 1. The summed E-state index contributed by atoms with van der Waals surface area (Å²) in [5.41, 5.74) is 3.49. The highest BCUT2D eigenvalue weighted by molar-refractivity contribution is 14.0. The van der Waals surface area contributed by atoms with Gasteiger partial charge in [-0.2, -0.15) is 0 Å². The molecule has 0 saturated carbocycles. The largest absolute Gasteiger partial charge is 0.356 e. The monoisotopic (exact) mass is 526 g/mol. The maximum Gasteiger partial charge on any atom is 0.190 e. The molecule has 0 aliphatic rings. The Hall–Kier alpha value is -1.68. The molecule has 0 bridgehead atoms. The Morgan fingerprint density at radius 2 is 1.90 bits per heavy atom. The van der Waals surface area contributed by atoms with Crippen molar-refractivity contribution in [2.45, 2.75) is 46.6 Å². The van der Waals surface area contributed by atoms with E-state index in [0.29, 0.717) is 0 Å².